The van der Waals surface area contributed by atoms with Crippen LogP contribution in [0, 0.1) is 0 Å². The molecule has 2 aromatic rings. The number of ether oxygens (including phenoxy) is 3. The van der Waals surface area contributed by atoms with E-state index >= 15 is 0 Å². The minimum atomic E-state index is 0.178. The zero-order valence-electron chi connectivity index (χ0n) is 9.81. The number of halogens is 2. The molecule has 98 valence electrons. The van der Waals surface area contributed by atoms with Crippen LogP contribution in [0.15, 0.2) is 22.8 Å². The molecule has 0 spiro atoms. The van der Waals surface area contributed by atoms with Crippen LogP contribution in [0.3, 0.4) is 0 Å². The standard InChI is InChI=1S/C12H8BrClN2O3/c1-17-8-2-6(3-9-10(8)19-5-18-9)12-15-4-7(13)11(14)16-12/h2-4H,5H2,1H3. The highest BCUT2D eigenvalue weighted by atomic mass is 79.9. The first-order valence-corrected chi connectivity index (χ1v) is 6.52. The zero-order valence-corrected chi connectivity index (χ0v) is 12.2. The Kier molecular flexibility index (Phi) is 3.20. The van der Waals surface area contributed by atoms with E-state index in [-0.39, 0.29) is 6.79 Å². The molecule has 2 heterocycles. The van der Waals surface area contributed by atoms with Gasteiger partial charge in [0.1, 0.15) is 5.15 Å². The van der Waals surface area contributed by atoms with E-state index in [1.807, 2.05) is 0 Å². The Morgan fingerprint density at radius 3 is 2.95 bits per heavy atom. The maximum Gasteiger partial charge on any atom is 0.231 e. The van der Waals surface area contributed by atoms with Crippen molar-refractivity contribution in [2.45, 2.75) is 0 Å². The predicted molar refractivity (Wildman–Crippen MR) is 72.9 cm³/mol. The summed E-state index contributed by atoms with van der Waals surface area (Å²) in [5, 5.41) is 0.349. The summed E-state index contributed by atoms with van der Waals surface area (Å²) in [7, 11) is 1.57. The fourth-order valence-electron chi connectivity index (χ4n) is 1.74. The molecule has 0 unspecified atom stereocenters. The van der Waals surface area contributed by atoms with E-state index in [9.17, 15) is 0 Å². The third kappa shape index (κ3) is 2.21. The van der Waals surface area contributed by atoms with Gasteiger partial charge in [-0.15, -0.1) is 0 Å². The molecule has 0 amide bonds. The second-order valence-corrected chi connectivity index (χ2v) is 4.96. The van der Waals surface area contributed by atoms with Gasteiger partial charge in [0, 0.05) is 11.8 Å². The normalized spacial score (nSPS) is 12.6. The Bertz CT molecular complexity index is 651. The highest BCUT2D eigenvalue weighted by Crippen LogP contribution is 2.43. The molecule has 1 aliphatic heterocycles. The van der Waals surface area contributed by atoms with Gasteiger partial charge in [0.05, 0.1) is 11.6 Å². The predicted octanol–water partition coefficient (Wildman–Crippen LogP) is 3.30. The quantitative estimate of drug-likeness (QED) is 0.783. The van der Waals surface area contributed by atoms with Crippen LogP contribution >= 0.6 is 27.5 Å². The molecule has 3 rings (SSSR count). The molecule has 0 aliphatic carbocycles. The average molecular weight is 344 g/mol. The van der Waals surface area contributed by atoms with E-state index in [4.69, 9.17) is 25.8 Å². The number of aromatic nitrogens is 2. The van der Waals surface area contributed by atoms with Crippen LogP contribution in [-0.2, 0) is 0 Å². The molecule has 19 heavy (non-hydrogen) atoms. The van der Waals surface area contributed by atoms with E-state index in [1.165, 1.54) is 0 Å². The molecule has 0 fully saturated rings. The molecular formula is C12H8BrClN2O3. The van der Waals surface area contributed by atoms with E-state index in [0.29, 0.717) is 32.7 Å². The number of methoxy groups -OCH3 is 1. The monoisotopic (exact) mass is 342 g/mol. The minimum absolute atomic E-state index is 0.178. The fraction of sp³-hybridized carbons (Fsp3) is 0.167. The van der Waals surface area contributed by atoms with Crippen LogP contribution in [0.2, 0.25) is 5.15 Å². The molecule has 1 aromatic heterocycles. The molecule has 0 bridgehead atoms. The van der Waals surface area contributed by atoms with Crippen molar-refractivity contribution in [3.8, 4) is 28.6 Å². The zero-order chi connectivity index (χ0) is 13.4. The number of hydrogen-bond donors (Lipinski definition) is 0. The van der Waals surface area contributed by atoms with E-state index in [1.54, 1.807) is 25.4 Å². The van der Waals surface area contributed by atoms with E-state index in [0.717, 1.165) is 5.56 Å². The highest BCUT2D eigenvalue weighted by molar-refractivity contribution is 9.10. The lowest BCUT2D eigenvalue weighted by molar-refractivity contribution is 0.171. The van der Waals surface area contributed by atoms with Crippen molar-refractivity contribution in [1.29, 1.82) is 0 Å². The summed E-state index contributed by atoms with van der Waals surface area (Å²) in [5.74, 6) is 2.27. The van der Waals surface area contributed by atoms with Crippen molar-refractivity contribution in [1.82, 2.24) is 9.97 Å². The molecule has 5 nitrogen and oxygen atoms in total. The molecule has 7 heteroatoms. The first kappa shape index (κ1) is 12.5. The summed E-state index contributed by atoms with van der Waals surface area (Å²) < 4.78 is 16.6. The van der Waals surface area contributed by atoms with Gasteiger partial charge in [-0.2, -0.15) is 0 Å². The topological polar surface area (TPSA) is 53.5 Å². The number of benzene rings is 1. The third-order valence-electron chi connectivity index (χ3n) is 2.62. The van der Waals surface area contributed by atoms with Gasteiger partial charge in [0.15, 0.2) is 17.3 Å². The van der Waals surface area contributed by atoms with Gasteiger partial charge in [0.25, 0.3) is 0 Å². The number of rotatable bonds is 2. The van der Waals surface area contributed by atoms with Crippen molar-refractivity contribution in [2.24, 2.45) is 0 Å². The van der Waals surface area contributed by atoms with Crippen LogP contribution in [0.5, 0.6) is 17.2 Å². The smallest absolute Gasteiger partial charge is 0.231 e. The Labute approximate surface area is 122 Å². The molecular weight excluding hydrogens is 336 g/mol. The Balaban J connectivity index is 2.12. The van der Waals surface area contributed by atoms with Gasteiger partial charge in [0.2, 0.25) is 12.5 Å². The Morgan fingerprint density at radius 2 is 2.21 bits per heavy atom. The lowest BCUT2D eigenvalue weighted by atomic mass is 10.1. The van der Waals surface area contributed by atoms with E-state index in [2.05, 4.69) is 25.9 Å². The van der Waals surface area contributed by atoms with Crippen LogP contribution < -0.4 is 14.2 Å². The van der Waals surface area contributed by atoms with Gasteiger partial charge in [-0.1, -0.05) is 11.6 Å². The van der Waals surface area contributed by atoms with Crippen molar-refractivity contribution in [3.05, 3.63) is 28.0 Å². The van der Waals surface area contributed by atoms with Gasteiger partial charge in [-0.05, 0) is 28.1 Å². The summed E-state index contributed by atoms with van der Waals surface area (Å²) in [4.78, 5) is 8.42. The maximum absolute atomic E-state index is 5.97. The number of nitrogens with zero attached hydrogens (tertiary/aromatic N) is 2. The second kappa shape index (κ2) is 4.86. The third-order valence-corrected chi connectivity index (χ3v) is 3.71. The largest absolute Gasteiger partial charge is 0.493 e. The molecule has 0 saturated heterocycles. The second-order valence-electron chi connectivity index (χ2n) is 3.74. The van der Waals surface area contributed by atoms with Crippen LogP contribution in [0.1, 0.15) is 0 Å². The van der Waals surface area contributed by atoms with Gasteiger partial charge < -0.3 is 14.2 Å². The summed E-state index contributed by atoms with van der Waals surface area (Å²) >= 11 is 9.22. The van der Waals surface area contributed by atoms with Gasteiger partial charge in [-0.3, -0.25) is 0 Å². The molecule has 1 aromatic carbocycles. The summed E-state index contributed by atoms with van der Waals surface area (Å²) in [6.07, 6.45) is 1.60. The van der Waals surface area contributed by atoms with Crippen molar-refractivity contribution in [2.75, 3.05) is 13.9 Å². The maximum atomic E-state index is 5.97. The molecule has 0 atom stereocenters. The molecule has 0 saturated carbocycles. The van der Waals surface area contributed by atoms with Crippen LogP contribution in [-0.4, -0.2) is 23.9 Å². The van der Waals surface area contributed by atoms with Crippen LogP contribution in [0.4, 0.5) is 0 Å². The van der Waals surface area contributed by atoms with Crippen LogP contribution in [0.25, 0.3) is 11.4 Å². The number of fused-ring (bicyclic) bond motifs is 1. The lowest BCUT2D eigenvalue weighted by Crippen LogP contribution is -1.93. The molecule has 0 N–H and O–H groups in total. The molecule has 0 radical (unpaired) electrons. The van der Waals surface area contributed by atoms with E-state index < -0.39 is 0 Å². The SMILES string of the molecule is COc1cc(-c2ncc(Br)c(Cl)n2)cc2c1OCO2. The first-order valence-electron chi connectivity index (χ1n) is 5.35. The van der Waals surface area contributed by atoms with Crippen molar-refractivity contribution >= 4 is 27.5 Å². The van der Waals surface area contributed by atoms with Gasteiger partial charge >= 0.3 is 0 Å². The highest BCUT2D eigenvalue weighted by Gasteiger charge is 2.21. The lowest BCUT2D eigenvalue weighted by Gasteiger charge is -2.07. The summed E-state index contributed by atoms with van der Waals surface area (Å²) in [5.41, 5.74) is 0.746. The number of hydrogen-bond acceptors (Lipinski definition) is 5. The first-order chi connectivity index (χ1) is 9.19. The Morgan fingerprint density at radius 1 is 1.37 bits per heavy atom. The minimum Gasteiger partial charge on any atom is -0.493 e. The Hall–Kier alpha value is -1.53. The summed E-state index contributed by atoms with van der Waals surface area (Å²) in [6.45, 7) is 0.178. The van der Waals surface area contributed by atoms with Gasteiger partial charge in [-0.25, -0.2) is 9.97 Å². The van der Waals surface area contributed by atoms with Crippen molar-refractivity contribution < 1.29 is 14.2 Å². The fourth-order valence-corrected chi connectivity index (χ4v) is 2.06. The van der Waals surface area contributed by atoms with Crippen molar-refractivity contribution in [3.63, 3.8) is 0 Å². The molecule has 1 aliphatic rings. The average Bonchev–Trinajstić information content (AvgIpc) is 2.89. The summed E-state index contributed by atoms with van der Waals surface area (Å²) in [6, 6.07) is 3.58.